The van der Waals surface area contributed by atoms with E-state index in [2.05, 4.69) is 19.2 Å². The number of nitrogens with one attached hydrogen (secondary N) is 1. The average molecular weight is 416 g/mol. The zero-order valence-corrected chi connectivity index (χ0v) is 18.0. The minimum Gasteiger partial charge on any atom is -0.325 e. The van der Waals surface area contributed by atoms with E-state index in [4.69, 9.17) is 0 Å². The Morgan fingerprint density at radius 3 is 2.03 bits per heavy atom. The van der Waals surface area contributed by atoms with Crippen LogP contribution in [0.1, 0.15) is 32.3 Å². The number of carbonyl (C=O) groups excluding carboxylic acids is 1. The van der Waals surface area contributed by atoms with Gasteiger partial charge in [0.15, 0.2) is 0 Å². The molecule has 1 atom stereocenters. The fraction of sp³-hybridized carbons (Fsp3) is 0.409. The van der Waals surface area contributed by atoms with Crippen LogP contribution in [0.5, 0.6) is 0 Å². The maximum Gasteiger partial charge on any atom is 0.243 e. The average Bonchev–Trinajstić information content (AvgIpc) is 2.74. The maximum absolute atomic E-state index is 12.7. The second-order valence-electron chi connectivity index (χ2n) is 7.70. The number of rotatable bonds is 6. The van der Waals surface area contributed by atoms with E-state index >= 15 is 0 Å². The monoisotopic (exact) mass is 415 g/mol. The summed E-state index contributed by atoms with van der Waals surface area (Å²) in [6.45, 7) is 7.91. The maximum atomic E-state index is 12.7. The van der Waals surface area contributed by atoms with Gasteiger partial charge in [-0.2, -0.15) is 4.31 Å². The first kappa shape index (κ1) is 21.5. The summed E-state index contributed by atoms with van der Waals surface area (Å²) in [5.41, 5.74) is 2.00. The van der Waals surface area contributed by atoms with Crippen LogP contribution in [-0.4, -0.2) is 55.8 Å². The molecule has 2 aromatic rings. The molecule has 0 bridgehead atoms. The van der Waals surface area contributed by atoms with Crippen LogP contribution in [0.25, 0.3) is 0 Å². The van der Waals surface area contributed by atoms with Crippen LogP contribution in [0.3, 0.4) is 0 Å². The van der Waals surface area contributed by atoms with Gasteiger partial charge in [-0.3, -0.25) is 9.69 Å². The van der Waals surface area contributed by atoms with Crippen molar-refractivity contribution in [3.8, 4) is 0 Å². The number of nitrogens with zero attached hydrogens (tertiary/aromatic N) is 2. The zero-order valence-electron chi connectivity index (χ0n) is 17.2. The topological polar surface area (TPSA) is 69.7 Å². The minimum atomic E-state index is -3.49. The Balaban J connectivity index is 1.56. The summed E-state index contributed by atoms with van der Waals surface area (Å²) in [5.74, 6) is 0.365. The molecule has 0 saturated carbocycles. The van der Waals surface area contributed by atoms with Gasteiger partial charge >= 0.3 is 0 Å². The van der Waals surface area contributed by atoms with Crippen LogP contribution < -0.4 is 5.32 Å². The highest BCUT2D eigenvalue weighted by atomic mass is 32.2. The lowest BCUT2D eigenvalue weighted by Gasteiger charge is -2.36. The smallest absolute Gasteiger partial charge is 0.243 e. The summed E-state index contributed by atoms with van der Waals surface area (Å²) in [4.78, 5) is 15.0. The number of hydrogen-bond acceptors (Lipinski definition) is 4. The van der Waals surface area contributed by atoms with Crippen LogP contribution in [0.4, 0.5) is 5.69 Å². The third kappa shape index (κ3) is 5.04. The van der Waals surface area contributed by atoms with E-state index in [1.165, 1.54) is 9.87 Å². The lowest BCUT2D eigenvalue weighted by molar-refractivity contribution is -0.121. The molecular formula is C22H29N3O3S. The molecule has 1 aliphatic heterocycles. The van der Waals surface area contributed by atoms with Crippen molar-refractivity contribution in [2.75, 3.05) is 31.5 Å². The van der Waals surface area contributed by atoms with Gasteiger partial charge in [0, 0.05) is 31.9 Å². The molecule has 1 saturated heterocycles. The number of amides is 1. The molecule has 6 nitrogen and oxygen atoms in total. The Hall–Kier alpha value is -2.22. The molecule has 0 aliphatic carbocycles. The standard InChI is InChI=1S/C22H29N3O3S/c1-17(2)19-9-11-20(12-10-19)23-22(26)18(3)24-13-15-25(16-14-24)29(27,28)21-7-5-4-6-8-21/h4-12,17-18H,13-16H2,1-3H3,(H,23,26)/t18-/m0/s1. The number of sulfonamides is 1. The summed E-state index contributed by atoms with van der Waals surface area (Å²) < 4.78 is 27.0. The Kier molecular flexibility index (Phi) is 6.72. The summed E-state index contributed by atoms with van der Waals surface area (Å²) in [7, 11) is -3.49. The third-order valence-electron chi connectivity index (χ3n) is 5.43. The zero-order chi connectivity index (χ0) is 21.0. The van der Waals surface area contributed by atoms with Gasteiger partial charge in [-0.15, -0.1) is 0 Å². The predicted molar refractivity (Wildman–Crippen MR) is 115 cm³/mol. The van der Waals surface area contributed by atoms with E-state index in [0.717, 1.165) is 5.69 Å². The first-order valence-electron chi connectivity index (χ1n) is 9.99. The highest BCUT2D eigenvalue weighted by Crippen LogP contribution is 2.20. The van der Waals surface area contributed by atoms with Gasteiger partial charge in [0.2, 0.25) is 15.9 Å². The molecule has 29 heavy (non-hydrogen) atoms. The quantitative estimate of drug-likeness (QED) is 0.787. The van der Waals surface area contributed by atoms with Gasteiger partial charge in [0.05, 0.1) is 10.9 Å². The predicted octanol–water partition coefficient (Wildman–Crippen LogP) is 3.14. The van der Waals surface area contributed by atoms with E-state index in [1.54, 1.807) is 30.3 Å². The van der Waals surface area contributed by atoms with Crippen LogP contribution in [0, 0.1) is 0 Å². The Morgan fingerprint density at radius 2 is 1.48 bits per heavy atom. The molecule has 1 N–H and O–H groups in total. The molecule has 1 fully saturated rings. The second kappa shape index (κ2) is 9.07. The van der Waals surface area contributed by atoms with Gasteiger partial charge in [0.1, 0.15) is 0 Å². The fourth-order valence-electron chi connectivity index (χ4n) is 3.44. The van der Waals surface area contributed by atoms with E-state index in [9.17, 15) is 13.2 Å². The fourth-order valence-corrected chi connectivity index (χ4v) is 4.88. The lowest BCUT2D eigenvalue weighted by Crippen LogP contribution is -2.53. The van der Waals surface area contributed by atoms with Crippen LogP contribution in [0.15, 0.2) is 59.5 Å². The van der Waals surface area contributed by atoms with E-state index in [1.807, 2.05) is 36.1 Å². The van der Waals surface area contributed by atoms with Crippen molar-refractivity contribution in [2.24, 2.45) is 0 Å². The molecule has 1 heterocycles. The first-order valence-corrected chi connectivity index (χ1v) is 11.4. The Morgan fingerprint density at radius 1 is 0.897 bits per heavy atom. The molecule has 156 valence electrons. The largest absolute Gasteiger partial charge is 0.325 e. The Bertz CT molecular complexity index is 920. The molecular weight excluding hydrogens is 386 g/mol. The van der Waals surface area contributed by atoms with Crippen molar-refractivity contribution >= 4 is 21.6 Å². The Labute approximate surface area is 173 Å². The summed E-state index contributed by atoms with van der Waals surface area (Å²) >= 11 is 0. The van der Waals surface area contributed by atoms with Gasteiger partial charge in [-0.1, -0.05) is 44.2 Å². The summed E-state index contributed by atoms with van der Waals surface area (Å²) in [6, 6.07) is 16.0. The highest BCUT2D eigenvalue weighted by molar-refractivity contribution is 7.89. The van der Waals surface area contributed by atoms with Crippen LogP contribution >= 0.6 is 0 Å². The van der Waals surface area contributed by atoms with Crippen LogP contribution in [0.2, 0.25) is 0 Å². The van der Waals surface area contributed by atoms with Crippen molar-refractivity contribution < 1.29 is 13.2 Å². The summed E-state index contributed by atoms with van der Waals surface area (Å²) in [5, 5.41) is 2.96. The third-order valence-corrected chi connectivity index (χ3v) is 7.34. The molecule has 7 heteroatoms. The first-order chi connectivity index (χ1) is 13.8. The molecule has 2 aromatic carbocycles. The highest BCUT2D eigenvalue weighted by Gasteiger charge is 2.31. The number of anilines is 1. The minimum absolute atomic E-state index is 0.0818. The summed E-state index contributed by atoms with van der Waals surface area (Å²) in [6.07, 6.45) is 0. The van der Waals surface area contributed by atoms with E-state index in [-0.39, 0.29) is 11.9 Å². The number of piperazine rings is 1. The molecule has 1 amide bonds. The van der Waals surface area contributed by atoms with Crippen molar-refractivity contribution in [1.29, 1.82) is 0 Å². The number of benzene rings is 2. The van der Waals surface area contributed by atoms with Gasteiger partial charge in [-0.25, -0.2) is 8.42 Å². The van der Waals surface area contributed by atoms with Gasteiger partial charge in [-0.05, 0) is 42.7 Å². The second-order valence-corrected chi connectivity index (χ2v) is 9.63. The molecule has 3 rings (SSSR count). The molecule has 0 spiro atoms. The molecule has 0 unspecified atom stereocenters. The van der Waals surface area contributed by atoms with E-state index in [0.29, 0.717) is 37.0 Å². The molecule has 1 aliphatic rings. The van der Waals surface area contributed by atoms with Gasteiger partial charge in [0.25, 0.3) is 0 Å². The molecule has 0 radical (unpaired) electrons. The SMILES string of the molecule is CC(C)c1ccc(NC(=O)[C@H](C)N2CCN(S(=O)(=O)c3ccccc3)CC2)cc1. The van der Waals surface area contributed by atoms with Crippen molar-refractivity contribution in [1.82, 2.24) is 9.21 Å². The van der Waals surface area contributed by atoms with Crippen LogP contribution in [-0.2, 0) is 14.8 Å². The number of hydrogen-bond donors (Lipinski definition) is 1. The van der Waals surface area contributed by atoms with Crippen molar-refractivity contribution in [2.45, 2.75) is 37.6 Å². The number of carbonyl (C=O) groups is 1. The van der Waals surface area contributed by atoms with Gasteiger partial charge < -0.3 is 5.32 Å². The van der Waals surface area contributed by atoms with E-state index < -0.39 is 10.0 Å². The lowest BCUT2D eigenvalue weighted by atomic mass is 10.0. The van der Waals surface area contributed by atoms with Crippen molar-refractivity contribution in [3.05, 3.63) is 60.2 Å². The van der Waals surface area contributed by atoms with Crippen molar-refractivity contribution in [3.63, 3.8) is 0 Å². The molecule has 0 aromatic heterocycles. The normalized spacial score (nSPS) is 17.2.